The molecule has 1 aliphatic carbocycles. The van der Waals surface area contributed by atoms with Crippen molar-refractivity contribution in [3.8, 4) is 11.6 Å². The van der Waals surface area contributed by atoms with Crippen molar-refractivity contribution in [2.24, 2.45) is 13.0 Å². The molecule has 146 valence electrons. The van der Waals surface area contributed by atoms with Crippen molar-refractivity contribution in [2.45, 2.75) is 25.8 Å². The van der Waals surface area contributed by atoms with E-state index in [9.17, 15) is 0 Å². The molecule has 3 aromatic heterocycles. The lowest BCUT2D eigenvalue weighted by Crippen LogP contribution is -2.07. The van der Waals surface area contributed by atoms with Crippen LogP contribution >= 0.6 is 0 Å². The number of anilines is 1. The standard InChI is InChI=1S/C20H24N6O2/c1-13-24-18(22-9-14-10-23-26(2)11-14)8-19(25-13)28-12-15-7-16(15)20-17(27-3)5-4-6-21-20/h4-6,8,10-11,15-16H,7,9,12H2,1-3H3,(H,22,24,25). The fraction of sp³-hybridized carbons (Fsp3) is 0.400. The van der Waals surface area contributed by atoms with E-state index in [2.05, 4.69) is 25.4 Å². The summed E-state index contributed by atoms with van der Waals surface area (Å²) in [6.45, 7) is 3.11. The highest BCUT2D eigenvalue weighted by Crippen LogP contribution is 2.49. The molecule has 2 unspecified atom stereocenters. The summed E-state index contributed by atoms with van der Waals surface area (Å²) in [6.07, 6.45) is 6.65. The van der Waals surface area contributed by atoms with Crippen LogP contribution in [0.4, 0.5) is 5.82 Å². The van der Waals surface area contributed by atoms with Crippen molar-refractivity contribution in [3.05, 3.63) is 53.9 Å². The highest BCUT2D eigenvalue weighted by Gasteiger charge is 2.41. The van der Waals surface area contributed by atoms with Crippen LogP contribution < -0.4 is 14.8 Å². The van der Waals surface area contributed by atoms with Crippen molar-refractivity contribution in [1.82, 2.24) is 24.7 Å². The maximum Gasteiger partial charge on any atom is 0.218 e. The van der Waals surface area contributed by atoms with Crippen LogP contribution in [0.1, 0.15) is 29.4 Å². The van der Waals surface area contributed by atoms with Gasteiger partial charge in [-0.1, -0.05) is 0 Å². The van der Waals surface area contributed by atoms with Crippen molar-refractivity contribution in [3.63, 3.8) is 0 Å². The van der Waals surface area contributed by atoms with E-state index in [-0.39, 0.29) is 0 Å². The smallest absolute Gasteiger partial charge is 0.218 e. The van der Waals surface area contributed by atoms with E-state index in [1.807, 2.05) is 50.8 Å². The fourth-order valence-corrected chi connectivity index (χ4v) is 3.27. The second kappa shape index (κ2) is 7.84. The predicted molar refractivity (Wildman–Crippen MR) is 104 cm³/mol. The van der Waals surface area contributed by atoms with Crippen LogP contribution in [0.5, 0.6) is 11.6 Å². The Morgan fingerprint density at radius 2 is 2.21 bits per heavy atom. The molecule has 3 aromatic rings. The van der Waals surface area contributed by atoms with Gasteiger partial charge in [0.1, 0.15) is 17.4 Å². The number of aromatic nitrogens is 5. The SMILES string of the molecule is COc1cccnc1C1CC1COc1cc(NCc2cnn(C)c2)nc(C)n1. The zero-order chi connectivity index (χ0) is 19.5. The van der Waals surface area contributed by atoms with E-state index in [1.165, 1.54) is 0 Å². The average Bonchev–Trinajstić information content (AvgIpc) is 3.36. The zero-order valence-corrected chi connectivity index (χ0v) is 16.3. The van der Waals surface area contributed by atoms with Gasteiger partial charge >= 0.3 is 0 Å². The van der Waals surface area contributed by atoms with Gasteiger partial charge in [-0.2, -0.15) is 10.1 Å². The molecule has 2 atom stereocenters. The van der Waals surface area contributed by atoms with E-state index in [1.54, 1.807) is 11.8 Å². The third-order valence-electron chi connectivity index (χ3n) is 4.79. The second-order valence-electron chi connectivity index (χ2n) is 7.02. The Labute approximate surface area is 164 Å². The summed E-state index contributed by atoms with van der Waals surface area (Å²) in [7, 11) is 3.58. The van der Waals surface area contributed by atoms with Crippen LogP contribution in [0, 0.1) is 12.8 Å². The second-order valence-corrected chi connectivity index (χ2v) is 7.02. The first kappa shape index (κ1) is 18.2. The van der Waals surface area contributed by atoms with Gasteiger partial charge in [0.05, 0.1) is 25.6 Å². The largest absolute Gasteiger partial charge is 0.495 e. The molecule has 8 nitrogen and oxygen atoms in total. The number of hydrogen-bond acceptors (Lipinski definition) is 7. The normalized spacial score (nSPS) is 18.0. The molecule has 0 amide bonds. The molecule has 1 N–H and O–H groups in total. The molecule has 3 heterocycles. The number of nitrogens with one attached hydrogen (secondary N) is 1. The van der Waals surface area contributed by atoms with Crippen LogP contribution in [-0.2, 0) is 13.6 Å². The molecule has 0 spiro atoms. The van der Waals surface area contributed by atoms with Gasteiger partial charge in [-0.05, 0) is 25.5 Å². The molecule has 28 heavy (non-hydrogen) atoms. The van der Waals surface area contributed by atoms with Crippen molar-refractivity contribution in [2.75, 3.05) is 19.0 Å². The number of pyridine rings is 1. The van der Waals surface area contributed by atoms with Crippen LogP contribution in [0.2, 0.25) is 0 Å². The lowest BCUT2D eigenvalue weighted by atomic mass is 10.2. The minimum absolute atomic E-state index is 0.377. The molecule has 1 aliphatic rings. The van der Waals surface area contributed by atoms with Crippen LogP contribution in [0.25, 0.3) is 0 Å². The summed E-state index contributed by atoms with van der Waals surface area (Å²) in [6, 6.07) is 5.68. The molecule has 1 saturated carbocycles. The highest BCUT2D eigenvalue weighted by molar-refractivity contribution is 5.39. The molecular weight excluding hydrogens is 356 g/mol. The van der Waals surface area contributed by atoms with E-state index >= 15 is 0 Å². The summed E-state index contributed by atoms with van der Waals surface area (Å²) in [5, 5.41) is 7.47. The van der Waals surface area contributed by atoms with Gasteiger partial charge in [-0.25, -0.2) is 4.98 Å². The number of rotatable bonds is 8. The van der Waals surface area contributed by atoms with E-state index in [0.29, 0.717) is 36.7 Å². The van der Waals surface area contributed by atoms with Crippen molar-refractivity contribution in [1.29, 1.82) is 0 Å². The lowest BCUT2D eigenvalue weighted by molar-refractivity contribution is 0.284. The first-order valence-corrected chi connectivity index (χ1v) is 9.31. The number of methoxy groups -OCH3 is 1. The van der Waals surface area contributed by atoms with Crippen LogP contribution in [0.15, 0.2) is 36.8 Å². The van der Waals surface area contributed by atoms with Gasteiger partial charge in [-0.3, -0.25) is 9.67 Å². The van der Waals surface area contributed by atoms with Gasteiger partial charge < -0.3 is 14.8 Å². The number of nitrogens with zero attached hydrogens (tertiary/aromatic N) is 5. The number of ether oxygens (including phenoxy) is 2. The Morgan fingerprint density at radius 3 is 3.00 bits per heavy atom. The van der Waals surface area contributed by atoms with Crippen LogP contribution in [-0.4, -0.2) is 38.4 Å². The summed E-state index contributed by atoms with van der Waals surface area (Å²) in [5.41, 5.74) is 2.10. The van der Waals surface area contributed by atoms with Gasteiger partial charge in [0.15, 0.2) is 0 Å². The number of aryl methyl sites for hydroxylation is 2. The third-order valence-corrected chi connectivity index (χ3v) is 4.79. The Morgan fingerprint density at radius 1 is 1.32 bits per heavy atom. The van der Waals surface area contributed by atoms with Gasteiger partial charge in [0, 0.05) is 49.5 Å². The van der Waals surface area contributed by atoms with E-state index in [0.717, 1.165) is 29.2 Å². The molecule has 0 aliphatic heterocycles. The minimum Gasteiger partial charge on any atom is -0.495 e. The van der Waals surface area contributed by atoms with Gasteiger partial charge in [0.2, 0.25) is 5.88 Å². The summed E-state index contributed by atoms with van der Waals surface area (Å²) >= 11 is 0. The average molecular weight is 380 g/mol. The first-order valence-electron chi connectivity index (χ1n) is 9.31. The molecule has 0 bridgehead atoms. The Bertz CT molecular complexity index is 957. The van der Waals surface area contributed by atoms with Gasteiger partial charge in [-0.15, -0.1) is 0 Å². The van der Waals surface area contributed by atoms with Crippen molar-refractivity contribution < 1.29 is 9.47 Å². The Hall–Kier alpha value is -3.16. The van der Waals surface area contributed by atoms with E-state index in [4.69, 9.17) is 9.47 Å². The molecule has 0 radical (unpaired) electrons. The summed E-state index contributed by atoms with van der Waals surface area (Å²) in [5.74, 6) is 3.64. The lowest BCUT2D eigenvalue weighted by Gasteiger charge is -2.10. The molecule has 8 heteroatoms. The first-order chi connectivity index (χ1) is 13.6. The predicted octanol–water partition coefficient (Wildman–Crippen LogP) is 2.72. The molecule has 4 rings (SSSR count). The summed E-state index contributed by atoms with van der Waals surface area (Å²) in [4.78, 5) is 13.3. The topological polar surface area (TPSA) is 87.0 Å². The monoisotopic (exact) mass is 380 g/mol. The van der Waals surface area contributed by atoms with E-state index < -0.39 is 0 Å². The maximum absolute atomic E-state index is 5.96. The molecule has 1 fully saturated rings. The third kappa shape index (κ3) is 4.21. The fourth-order valence-electron chi connectivity index (χ4n) is 3.27. The highest BCUT2D eigenvalue weighted by atomic mass is 16.5. The Kier molecular flexibility index (Phi) is 5.10. The molecule has 0 aromatic carbocycles. The Balaban J connectivity index is 1.34. The van der Waals surface area contributed by atoms with Crippen LogP contribution in [0.3, 0.4) is 0 Å². The zero-order valence-electron chi connectivity index (χ0n) is 16.3. The van der Waals surface area contributed by atoms with Gasteiger partial charge in [0.25, 0.3) is 0 Å². The molecule has 0 saturated heterocycles. The minimum atomic E-state index is 0.377. The number of hydrogen-bond donors (Lipinski definition) is 1. The maximum atomic E-state index is 5.96. The summed E-state index contributed by atoms with van der Waals surface area (Å²) < 4.78 is 13.1. The van der Waals surface area contributed by atoms with Crippen molar-refractivity contribution >= 4 is 5.82 Å². The quantitative estimate of drug-likeness (QED) is 0.643. The molecular formula is C20H24N6O2.